The quantitative estimate of drug-likeness (QED) is 0.864. The van der Waals surface area contributed by atoms with Crippen LogP contribution in [0.1, 0.15) is 5.56 Å². The van der Waals surface area contributed by atoms with E-state index in [1.54, 1.807) is 6.07 Å². The van der Waals surface area contributed by atoms with Crippen LogP contribution in [-0.2, 0) is 10.5 Å². The molecular weight excluding hydrogens is 327 g/mol. The van der Waals surface area contributed by atoms with Gasteiger partial charge in [0.1, 0.15) is 11.6 Å². The van der Waals surface area contributed by atoms with Crippen molar-refractivity contribution in [3.05, 3.63) is 59.4 Å². The lowest BCUT2D eigenvalue weighted by Gasteiger charge is -2.07. The molecule has 0 atom stereocenters. The summed E-state index contributed by atoms with van der Waals surface area (Å²) in [5, 5.41) is 2.30. The Morgan fingerprint density at radius 2 is 1.91 bits per heavy atom. The van der Waals surface area contributed by atoms with Gasteiger partial charge in [-0.15, -0.1) is 11.8 Å². The van der Waals surface area contributed by atoms with E-state index in [1.807, 2.05) is 0 Å². The van der Waals surface area contributed by atoms with Crippen LogP contribution in [0.2, 0.25) is 0 Å². The zero-order valence-electron chi connectivity index (χ0n) is 12.2. The summed E-state index contributed by atoms with van der Waals surface area (Å²) in [6.45, 7) is 0. The largest absolute Gasteiger partial charge is 0.494 e. The Morgan fingerprint density at radius 1 is 1.13 bits per heavy atom. The van der Waals surface area contributed by atoms with Crippen LogP contribution >= 0.6 is 11.8 Å². The Bertz CT molecular complexity index is 710. The number of carbonyl (C=O) groups is 1. The van der Waals surface area contributed by atoms with Crippen molar-refractivity contribution in [2.75, 3.05) is 18.2 Å². The number of hydrogen-bond donors (Lipinski definition) is 1. The van der Waals surface area contributed by atoms with Gasteiger partial charge in [-0.1, -0.05) is 6.07 Å². The van der Waals surface area contributed by atoms with E-state index in [4.69, 9.17) is 4.74 Å². The molecule has 0 saturated heterocycles. The third kappa shape index (κ3) is 4.92. The van der Waals surface area contributed by atoms with Crippen molar-refractivity contribution in [3.8, 4) is 5.75 Å². The molecule has 122 valence electrons. The normalized spacial score (nSPS) is 10.4. The predicted molar refractivity (Wildman–Crippen MR) is 84.1 cm³/mol. The molecule has 2 aromatic carbocycles. The highest BCUT2D eigenvalue weighted by Crippen LogP contribution is 2.21. The number of thioether (sulfide) groups is 1. The maximum absolute atomic E-state index is 13.5. The van der Waals surface area contributed by atoms with E-state index in [9.17, 15) is 18.0 Å². The summed E-state index contributed by atoms with van der Waals surface area (Å²) in [4.78, 5) is 11.7. The van der Waals surface area contributed by atoms with Crippen molar-refractivity contribution in [2.24, 2.45) is 0 Å². The maximum atomic E-state index is 13.5. The van der Waals surface area contributed by atoms with Gasteiger partial charge in [-0.3, -0.25) is 4.79 Å². The summed E-state index contributed by atoms with van der Waals surface area (Å²) >= 11 is 1.23. The van der Waals surface area contributed by atoms with Crippen LogP contribution in [0.25, 0.3) is 0 Å². The van der Waals surface area contributed by atoms with E-state index >= 15 is 0 Å². The molecular formula is C16H14F3NO2S. The molecule has 0 aliphatic carbocycles. The lowest BCUT2D eigenvalue weighted by Crippen LogP contribution is -2.15. The first-order valence-electron chi connectivity index (χ1n) is 6.64. The van der Waals surface area contributed by atoms with Gasteiger partial charge in [0.2, 0.25) is 5.91 Å². The predicted octanol–water partition coefficient (Wildman–Crippen LogP) is 3.98. The third-order valence-electron chi connectivity index (χ3n) is 2.92. The molecule has 0 bridgehead atoms. The summed E-state index contributed by atoms with van der Waals surface area (Å²) in [6.07, 6.45) is 0. The van der Waals surface area contributed by atoms with Gasteiger partial charge in [0.25, 0.3) is 0 Å². The van der Waals surface area contributed by atoms with Gasteiger partial charge in [0.05, 0.1) is 18.6 Å². The van der Waals surface area contributed by atoms with Crippen LogP contribution in [0, 0.1) is 17.5 Å². The van der Waals surface area contributed by atoms with Crippen molar-refractivity contribution in [2.45, 2.75) is 5.75 Å². The Hall–Kier alpha value is -2.15. The summed E-state index contributed by atoms with van der Waals surface area (Å²) in [5.74, 6) is -1.70. The summed E-state index contributed by atoms with van der Waals surface area (Å²) in [5.41, 5.74) is 0.490. The molecule has 0 radical (unpaired) electrons. The van der Waals surface area contributed by atoms with Gasteiger partial charge in [0.15, 0.2) is 11.6 Å². The Balaban J connectivity index is 1.85. The fraction of sp³-hybridized carbons (Fsp3) is 0.188. The van der Waals surface area contributed by atoms with Gasteiger partial charge < -0.3 is 10.1 Å². The number of nitrogens with one attached hydrogen (secondary N) is 1. The second-order valence-electron chi connectivity index (χ2n) is 4.63. The van der Waals surface area contributed by atoms with E-state index in [2.05, 4.69) is 5.32 Å². The number of benzene rings is 2. The number of halogens is 3. The van der Waals surface area contributed by atoms with Crippen LogP contribution in [0.5, 0.6) is 5.75 Å². The van der Waals surface area contributed by atoms with Gasteiger partial charge in [-0.25, -0.2) is 13.2 Å². The number of carbonyl (C=O) groups excluding carboxylic acids is 1. The number of anilines is 1. The zero-order chi connectivity index (χ0) is 16.8. The first-order chi connectivity index (χ1) is 11.0. The third-order valence-corrected chi connectivity index (χ3v) is 3.92. The van der Waals surface area contributed by atoms with Crippen LogP contribution in [0.15, 0.2) is 36.4 Å². The minimum atomic E-state index is -0.707. The monoisotopic (exact) mass is 341 g/mol. The maximum Gasteiger partial charge on any atom is 0.234 e. The molecule has 0 spiro atoms. The van der Waals surface area contributed by atoms with Crippen LogP contribution < -0.4 is 10.1 Å². The number of ether oxygens (including phenoxy) is 1. The number of rotatable bonds is 6. The first kappa shape index (κ1) is 17.2. The van der Waals surface area contributed by atoms with E-state index in [1.165, 1.54) is 31.0 Å². The standard InChI is InChI=1S/C16H14F3NO2S/c1-22-15-5-2-10(6-13(15)19)8-23-9-16(21)20-14-7-11(17)3-4-12(14)18/h2-7H,8-9H2,1H3,(H,20,21). The Labute approximate surface area is 135 Å². The molecule has 7 heteroatoms. The van der Waals surface area contributed by atoms with E-state index in [-0.39, 0.29) is 17.2 Å². The molecule has 2 rings (SSSR count). The van der Waals surface area contributed by atoms with Crippen LogP contribution in [-0.4, -0.2) is 18.8 Å². The molecule has 2 aromatic rings. The average molecular weight is 341 g/mol. The second-order valence-corrected chi connectivity index (χ2v) is 5.62. The fourth-order valence-electron chi connectivity index (χ4n) is 1.84. The van der Waals surface area contributed by atoms with Gasteiger partial charge in [-0.05, 0) is 29.8 Å². The van der Waals surface area contributed by atoms with E-state index in [0.29, 0.717) is 11.3 Å². The lowest BCUT2D eigenvalue weighted by atomic mass is 10.2. The molecule has 23 heavy (non-hydrogen) atoms. The highest BCUT2D eigenvalue weighted by molar-refractivity contribution is 7.99. The molecule has 0 aromatic heterocycles. The summed E-state index contributed by atoms with van der Waals surface area (Å²) < 4.78 is 44.7. The van der Waals surface area contributed by atoms with Crippen LogP contribution in [0.3, 0.4) is 0 Å². The second kappa shape index (κ2) is 7.92. The molecule has 1 amide bonds. The topological polar surface area (TPSA) is 38.3 Å². The SMILES string of the molecule is COc1ccc(CSCC(=O)Nc2cc(F)ccc2F)cc1F. The van der Waals surface area contributed by atoms with Crippen molar-refractivity contribution in [1.82, 2.24) is 0 Å². The highest BCUT2D eigenvalue weighted by atomic mass is 32.2. The van der Waals surface area contributed by atoms with Gasteiger partial charge >= 0.3 is 0 Å². The molecule has 0 heterocycles. The molecule has 1 N–H and O–H groups in total. The number of amides is 1. The lowest BCUT2D eigenvalue weighted by molar-refractivity contribution is -0.113. The molecule has 0 fully saturated rings. The van der Waals surface area contributed by atoms with Gasteiger partial charge in [-0.2, -0.15) is 0 Å². The minimum Gasteiger partial charge on any atom is -0.494 e. The molecule has 0 aliphatic heterocycles. The number of hydrogen-bond acceptors (Lipinski definition) is 3. The average Bonchev–Trinajstić information content (AvgIpc) is 2.51. The first-order valence-corrected chi connectivity index (χ1v) is 7.80. The van der Waals surface area contributed by atoms with Crippen LogP contribution in [0.4, 0.5) is 18.9 Å². The molecule has 0 aliphatic rings. The van der Waals surface area contributed by atoms with Gasteiger partial charge in [0, 0.05) is 11.8 Å². The minimum absolute atomic E-state index is 0.0314. The number of methoxy groups -OCH3 is 1. The highest BCUT2D eigenvalue weighted by Gasteiger charge is 2.09. The van der Waals surface area contributed by atoms with Crippen molar-refractivity contribution in [1.29, 1.82) is 0 Å². The molecule has 3 nitrogen and oxygen atoms in total. The molecule has 0 unspecified atom stereocenters. The Morgan fingerprint density at radius 3 is 2.61 bits per heavy atom. The zero-order valence-corrected chi connectivity index (χ0v) is 13.1. The van der Waals surface area contributed by atoms with Crippen molar-refractivity contribution < 1.29 is 22.7 Å². The summed E-state index contributed by atoms with van der Waals surface area (Å²) in [7, 11) is 1.38. The fourth-order valence-corrected chi connectivity index (χ4v) is 2.62. The van der Waals surface area contributed by atoms with E-state index < -0.39 is 23.4 Å². The van der Waals surface area contributed by atoms with Crippen molar-refractivity contribution >= 4 is 23.4 Å². The summed E-state index contributed by atoms with van der Waals surface area (Å²) in [6, 6.07) is 7.36. The Kier molecular flexibility index (Phi) is 5.92. The van der Waals surface area contributed by atoms with Crippen molar-refractivity contribution in [3.63, 3.8) is 0 Å². The molecule has 0 saturated carbocycles. The van der Waals surface area contributed by atoms with E-state index in [0.717, 1.165) is 18.2 Å². The smallest absolute Gasteiger partial charge is 0.234 e.